The van der Waals surface area contributed by atoms with E-state index in [2.05, 4.69) is 18.6 Å². The highest BCUT2D eigenvalue weighted by atomic mass is 16.5. The molecule has 0 fully saturated rings. The second-order valence-corrected chi connectivity index (χ2v) is 3.11. The van der Waals surface area contributed by atoms with Crippen molar-refractivity contribution in [3.8, 4) is 0 Å². The van der Waals surface area contributed by atoms with E-state index in [1.54, 1.807) is 0 Å². The van der Waals surface area contributed by atoms with Gasteiger partial charge in [0.05, 0.1) is 7.11 Å². The molecule has 4 heteroatoms. The molecule has 0 saturated heterocycles. The van der Waals surface area contributed by atoms with Crippen LogP contribution < -0.4 is 12.3 Å². The zero-order valence-corrected chi connectivity index (χ0v) is 10.0. The molecule has 0 radical (unpaired) electrons. The topological polar surface area (TPSA) is 96.3 Å². The number of esters is 1. The number of hydrogen-bond acceptors (Lipinski definition) is 4. The highest BCUT2D eigenvalue weighted by Crippen LogP contribution is 2.17. The van der Waals surface area contributed by atoms with Gasteiger partial charge in [-0.15, -0.1) is 0 Å². The molecule has 0 aromatic rings. The molecular weight excluding hydrogens is 180 g/mol. The predicted molar refractivity (Wildman–Crippen MR) is 59.9 cm³/mol. The number of ether oxygens (including phenoxy) is 1. The van der Waals surface area contributed by atoms with Crippen molar-refractivity contribution in [1.82, 2.24) is 12.3 Å². The van der Waals surface area contributed by atoms with Gasteiger partial charge in [0.1, 0.15) is 0 Å². The van der Waals surface area contributed by atoms with Gasteiger partial charge in [0.15, 0.2) is 0 Å². The van der Waals surface area contributed by atoms with E-state index in [0.717, 1.165) is 17.6 Å². The van der Waals surface area contributed by atoms with Gasteiger partial charge in [0.25, 0.3) is 0 Å². The molecule has 0 aromatic heterocycles. The first-order chi connectivity index (χ1) is 5.54. The second kappa shape index (κ2) is 8.72. The molecule has 1 unspecified atom stereocenters. The second-order valence-electron chi connectivity index (χ2n) is 3.11. The van der Waals surface area contributed by atoms with Crippen molar-refractivity contribution >= 4 is 5.97 Å². The van der Waals surface area contributed by atoms with Crippen LogP contribution in [0.25, 0.3) is 0 Å². The number of hydrogen-bond donors (Lipinski definition) is 2. The fourth-order valence-electron chi connectivity index (χ4n) is 0.990. The average molecular weight is 204 g/mol. The molecule has 0 aliphatic carbocycles. The largest absolute Gasteiger partial charge is 0.466 e. The van der Waals surface area contributed by atoms with E-state index in [4.69, 9.17) is 0 Å². The lowest BCUT2D eigenvalue weighted by Crippen LogP contribution is -2.07. The Kier molecular flexibility index (Phi) is 11.7. The van der Waals surface area contributed by atoms with Gasteiger partial charge < -0.3 is 17.0 Å². The SMILES string of the molecule is CCC(C)C(C)=C(C)C(=O)OC.N.N. The van der Waals surface area contributed by atoms with Crippen molar-refractivity contribution in [3.63, 3.8) is 0 Å². The first-order valence-corrected chi connectivity index (χ1v) is 4.30. The van der Waals surface area contributed by atoms with Gasteiger partial charge in [-0.3, -0.25) is 0 Å². The van der Waals surface area contributed by atoms with Crippen molar-refractivity contribution in [2.75, 3.05) is 7.11 Å². The summed E-state index contributed by atoms with van der Waals surface area (Å²) in [4.78, 5) is 11.1. The summed E-state index contributed by atoms with van der Waals surface area (Å²) in [6.45, 7) is 8.02. The smallest absolute Gasteiger partial charge is 0.333 e. The molecule has 0 spiro atoms. The summed E-state index contributed by atoms with van der Waals surface area (Å²) >= 11 is 0. The van der Waals surface area contributed by atoms with Crippen molar-refractivity contribution < 1.29 is 9.53 Å². The maximum atomic E-state index is 11.1. The molecule has 1 atom stereocenters. The van der Waals surface area contributed by atoms with Crippen LogP contribution in [0, 0.1) is 5.92 Å². The Morgan fingerprint density at radius 3 is 2.00 bits per heavy atom. The molecule has 86 valence electrons. The van der Waals surface area contributed by atoms with Gasteiger partial charge in [-0.1, -0.05) is 19.4 Å². The Hall–Kier alpha value is -0.870. The molecule has 0 aliphatic heterocycles. The molecule has 0 bridgehead atoms. The minimum Gasteiger partial charge on any atom is -0.466 e. The molecule has 14 heavy (non-hydrogen) atoms. The maximum absolute atomic E-state index is 11.1. The number of methoxy groups -OCH3 is 1. The molecule has 0 amide bonds. The number of allylic oxidation sites excluding steroid dienone is 1. The Morgan fingerprint density at radius 1 is 1.29 bits per heavy atom. The van der Waals surface area contributed by atoms with Gasteiger partial charge in [-0.05, 0) is 26.2 Å². The van der Waals surface area contributed by atoms with E-state index >= 15 is 0 Å². The molecule has 0 aliphatic rings. The number of carbonyl (C=O) groups is 1. The Labute approximate surface area is 86.9 Å². The minimum absolute atomic E-state index is 0. The van der Waals surface area contributed by atoms with E-state index in [-0.39, 0.29) is 18.3 Å². The predicted octanol–water partition coefficient (Wildman–Crippen LogP) is 2.87. The fraction of sp³-hybridized carbons (Fsp3) is 0.700. The number of rotatable bonds is 3. The summed E-state index contributed by atoms with van der Waals surface area (Å²) in [5, 5.41) is 0. The van der Waals surface area contributed by atoms with Crippen LogP contribution in [0.15, 0.2) is 11.1 Å². The van der Waals surface area contributed by atoms with E-state index in [1.807, 2.05) is 13.8 Å². The van der Waals surface area contributed by atoms with Crippen molar-refractivity contribution in [3.05, 3.63) is 11.1 Å². The van der Waals surface area contributed by atoms with Crippen LogP contribution in [0.2, 0.25) is 0 Å². The molecule has 4 nitrogen and oxygen atoms in total. The van der Waals surface area contributed by atoms with Gasteiger partial charge in [0.2, 0.25) is 0 Å². The lowest BCUT2D eigenvalue weighted by molar-refractivity contribution is -0.136. The lowest BCUT2D eigenvalue weighted by Gasteiger charge is -2.11. The first-order valence-electron chi connectivity index (χ1n) is 4.30. The monoisotopic (exact) mass is 204 g/mol. The van der Waals surface area contributed by atoms with Crippen LogP contribution in [-0.2, 0) is 9.53 Å². The van der Waals surface area contributed by atoms with Gasteiger partial charge >= 0.3 is 5.97 Å². The summed E-state index contributed by atoms with van der Waals surface area (Å²) in [6, 6.07) is 0. The Morgan fingerprint density at radius 2 is 1.71 bits per heavy atom. The van der Waals surface area contributed by atoms with Crippen molar-refractivity contribution in [2.45, 2.75) is 34.1 Å². The van der Waals surface area contributed by atoms with Crippen molar-refractivity contribution in [1.29, 1.82) is 0 Å². The lowest BCUT2D eigenvalue weighted by atomic mass is 9.96. The van der Waals surface area contributed by atoms with Gasteiger partial charge in [-0.25, -0.2) is 4.79 Å². The number of carbonyl (C=O) groups excluding carboxylic acids is 1. The molecule has 0 aromatic carbocycles. The molecule has 0 rings (SSSR count). The molecule has 6 N–H and O–H groups in total. The van der Waals surface area contributed by atoms with Crippen LogP contribution in [-0.4, -0.2) is 13.1 Å². The van der Waals surface area contributed by atoms with E-state index in [9.17, 15) is 4.79 Å². The van der Waals surface area contributed by atoms with Gasteiger partial charge in [0, 0.05) is 5.57 Å². The molecular formula is C10H24N2O2. The van der Waals surface area contributed by atoms with Gasteiger partial charge in [-0.2, -0.15) is 0 Å². The highest BCUT2D eigenvalue weighted by molar-refractivity contribution is 5.88. The highest BCUT2D eigenvalue weighted by Gasteiger charge is 2.11. The molecule has 0 saturated carbocycles. The quantitative estimate of drug-likeness (QED) is 0.545. The van der Waals surface area contributed by atoms with Crippen molar-refractivity contribution in [2.24, 2.45) is 5.92 Å². The summed E-state index contributed by atoms with van der Waals surface area (Å²) in [5.74, 6) is 0.247. The maximum Gasteiger partial charge on any atom is 0.333 e. The summed E-state index contributed by atoms with van der Waals surface area (Å²) in [5.41, 5.74) is 1.87. The van der Waals surface area contributed by atoms with Crippen LogP contribution >= 0.6 is 0 Å². The zero-order valence-electron chi connectivity index (χ0n) is 10.0. The van der Waals surface area contributed by atoms with E-state index < -0.39 is 0 Å². The normalized spacial score (nSPS) is 12.9. The summed E-state index contributed by atoms with van der Waals surface area (Å²) in [6.07, 6.45) is 1.06. The van der Waals surface area contributed by atoms with E-state index in [1.165, 1.54) is 7.11 Å². The van der Waals surface area contributed by atoms with Crippen LogP contribution in [0.4, 0.5) is 0 Å². The fourth-order valence-corrected chi connectivity index (χ4v) is 0.990. The Bertz CT molecular complexity index is 200. The first kappa shape index (κ1) is 18.8. The van der Waals surface area contributed by atoms with Crippen LogP contribution in [0.1, 0.15) is 34.1 Å². The average Bonchev–Trinajstić information content (AvgIpc) is 2.12. The zero-order chi connectivity index (χ0) is 9.72. The minimum atomic E-state index is -0.215. The van der Waals surface area contributed by atoms with E-state index in [0.29, 0.717) is 5.92 Å². The van der Waals surface area contributed by atoms with Crippen LogP contribution in [0.3, 0.4) is 0 Å². The Balaban J connectivity index is -0.000000605. The summed E-state index contributed by atoms with van der Waals surface area (Å²) in [7, 11) is 1.41. The van der Waals surface area contributed by atoms with Crippen LogP contribution in [0.5, 0.6) is 0 Å². The third-order valence-corrected chi connectivity index (χ3v) is 2.43. The third kappa shape index (κ3) is 4.99. The molecule has 0 heterocycles. The third-order valence-electron chi connectivity index (χ3n) is 2.43. The standard InChI is InChI=1S/C10H18O2.2H3N/c1-6-7(2)8(3)9(4)10(11)12-5;;/h7H,6H2,1-5H3;2*1H3. The summed E-state index contributed by atoms with van der Waals surface area (Å²) < 4.78 is 4.63.